The van der Waals surface area contributed by atoms with Crippen molar-refractivity contribution >= 4 is 40.6 Å². The van der Waals surface area contributed by atoms with Crippen LogP contribution in [0.5, 0.6) is 0 Å². The Bertz CT molecular complexity index is 976. The second-order valence-electron chi connectivity index (χ2n) is 6.06. The highest BCUT2D eigenvalue weighted by atomic mass is 35.5. The maximum Gasteiger partial charge on any atom is 0.323 e. The summed E-state index contributed by atoms with van der Waals surface area (Å²) in [6, 6.07) is 22.8. The van der Waals surface area contributed by atoms with E-state index in [2.05, 4.69) is 10.6 Å². The summed E-state index contributed by atoms with van der Waals surface area (Å²) >= 11 is 5.92. The zero-order valence-corrected chi connectivity index (χ0v) is 16.1. The molecule has 3 rings (SSSR count). The van der Waals surface area contributed by atoms with Crippen molar-refractivity contribution in [2.75, 3.05) is 22.1 Å². The average molecular weight is 394 g/mol. The lowest BCUT2D eigenvalue weighted by molar-refractivity contribution is 0.0988. The van der Waals surface area contributed by atoms with Gasteiger partial charge in [0.15, 0.2) is 0 Å². The molecule has 3 aromatic rings. The fourth-order valence-electron chi connectivity index (χ4n) is 2.80. The number of hydrogen-bond acceptors (Lipinski definition) is 2. The number of urea groups is 1. The van der Waals surface area contributed by atoms with Gasteiger partial charge in [0.25, 0.3) is 5.91 Å². The molecule has 0 saturated carbocycles. The van der Waals surface area contributed by atoms with E-state index in [0.29, 0.717) is 28.5 Å². The molecule has 0 aliphatic carbocycles. The van der Waals surface area contributed by atoms with E-state index in [1.165, 1.54) is 0 Å². The Balaban J connectivity index is 1.72. The van der Waals surface area contributed by atoms with Crippen LogP contribution in [0.1, 0.15) is 17.3 Å². The molecule has 0 radical (unpaired) electrons. The number of hydrogen-bond donors (Lipinski definition) is 2. The first-order chi connectivity index (χ1) is 13.6. The molecular weight excluding hydrogens is 374 g/mol. The fraction of sp³-hybridized carbons (Fsp3) is 0.0909. The van der Waals surface area contributed by atoms with E-state index in [4.69, 9.17) is 11.6 Å². The summed E-state index contributed by atoms with van der Waals surface area (Å²) in [5.41, 5.74) is 2.42. The van der Waals surface area contributed by atoms with E-state index in [1.807, 2.05) is 37.3 Å². The number of halogens is 1. The van der Waals surface area contributed by atoms with E-state index >= 15 is 0 Å². The summed E-state index contributed by atoms with van der Waals surface area (Å²) in [5, 5.41) is 5.98. The molecule has 28 heavy (non-hydrogen) atoms. The van der Waals surface area contributed by atoms with Crippen molar-refractivity contribution in [2.24, 2.45) is 0 Å². The highest BCUT2D eigenvalue weighted by Gasteiger charge is 2.16. The van der Waals surface area contributed by atoms with Crippen LogP contribution in [-0.2, 0) is 0 Å². The van der Waals surface area contributed by atoms with Crippen molar-refractivity contribution in [3.05, 3.63) is 89.4 Å². The first-order valence-corrected chi connectivity index (χ1v) is 9.25. The molecular formula is C22H20ClN3O2. The molecule has 0 aliphatic heterocycles. The molecule has 0 aromatic heterocycles. The van der Waals surface area contributed by atoms with Gasteiger partial charge in [0, 0.05) is 34.2 Å². The minimum atomic E-state index is -0.415. The molecule has 0 fully saturated rings. The molecule has 5 nitrogen and oxygen atoms in total. The predicted octanol–water partition coefficient (Wildman–Crippen LogP) is 5.65. The number of para-hydroxylation sites is 1. The maximum absolute atomic E-state index is 12.9. The summed E-state index contributed by atoms with van der Waals surface area (Å²) in [4.78, 5) is 26.8. The third-order valence-corrected chi connectivity index (χ3v) is 4.31. The molecule has 0 spiro atoms. The molecule has 0 unspecified atom stereocenters. The van der Waals surface area contributed by atoms with Crippen LogP contribution in [0.15, 0.2) is 78.9 Å². The quantitative estimate of drug-likeness (QED) is 0.588. The third-order valence-electron chi connectivity index (χ3n) is 4.08. The average Bonchev–Trinajstić information content (AvgIpc) is 2.69. The minimum absolute atomic E-state index is 0.132. The van der Waals surface area contributed by atoms with Crippen molar-refractivity contribution in [3.63, 3.8) is 0 Å². The Hall–Kier alpha value is -3.31. The Morgan fingerprint density at radius 2 is 1.50 bits per heavy atom. The lowest BCUT2D eigenvalue weighted by Crippen LogP contribution is -2.30. The van der Waals surface area contributed by atoms with Crippen LogP contribution in [0.3, 0.4) is 0 Å². The van der Waals surface area contributed by atoms with Crippen molar-refractivity contribution in [1.82, 2.24) is 0 Å². The second kappa shape index (κ2) is 9.06. The standard InChI is InChI=1S/C22H20ClN3O2/c1-2-26(20-12-4-3-5-13-20)21(27)16-8-6-10-18(14-16)24-22(28)25-19-11-7-9-17(23)15-19/h3-15H,2H2,1H3,(H2,24,25,28). The molecule has 3 aromatic carbocycles. The highest BCUT2D eigenvalue weighted by molar-refractivity contribution is 6.30. The van der Waals surface area contributed by atoms with E-state index in [-0.39, 0.29) is 5.91 Å². The van der Waals surface area contributed by atoms with E-state index in [1.54, 1.807) is 53.4 Å². The van der Waals surface area contributed by atoms with Crippen LogP contribution in [-0.4, -0.2) is 18.5 Å². The van der Waals surface area contributed by atoms with Crippen LogP contribution in [0.4, 0.5) is 21.9 Å². The number of nitrogens with zero attached hydrogens (tertiary/aromatic N) is 1. The summed E-state index contributed by atoms with van der Waals surface area (Å²) in [5.74, 6) is -0.132. The summed E-state index contributed by atoms with van der Waals surface area (Å²) in [6.45, 7) is 2.46. The zero-order valence-electron chi connectivity index (χ0n) is 15.4. The minimum Gasteiger partial charge on any atom is -0.309 e. The van der Waals surface area contributed by atoms with Gasteiger partial charge in [-0.3, -0.25) is 4.79 Å². The topological polar surface area (TPSA) is 61.4 Å². The maximum atomic E-state index is 12.9. The van der Waals surface area contributed by atoms with Crippen LogP contribution in [0.2, 0.25) is 5.02 Å². The predicted molar refractivity (Wildman–Crippen MR) is 114 cm³/mol. The number of benzene rings is 3. The van der Waals surface area contributed by atoms with Crippen molar-refractivity contribution in [1.29, 1.82) is 0 Å². The van der Waals surface area contributed by atoms with Gasteiger partial charge in [-0.1, -0.05) is 41.9 Å². The van der Waals surface area contributed by atoms with Crippen LogP contribution < -0.4 is 15.5 Å². The number of carbonyl (C=O) groups is 2. The molecule has 0 saturated heterocycles. The molecule has 0 aliphatic rings. The Morgan fingerprint density at radius 3 is 2.14 bits per heavy atom. The molecule has 0 atom stereocenters. The van der Waals surface area contributed by atoms with E-state index < -0.39 is 6.03 Å². The van der Waals surface area contributed by atoms with E-state index in [0.717, 1.165) is 5.69 Å². The number of carbonyl (C=O) groups excluding carboxylic acids is 2. The molecule has 3 amide bonds. The summed E-state index contributed by atoms with van der Waals surface area (Å²) in [6.07, 6.45) is 0. The van der Waals surface area contributed by atoms with Gasteiger partial charge in [-0.2, -0.15) is 0 Å². The van der Waals surface area contributed by atoms with Crippen molar-refractivity contribution in [2.45, 2.75) is 6.92 Å². The largest absolute Gasteiger partial charge is 0.323 e. The lowest BCUT2D eigenvalue weighted by Gasteiger charge is -2.21. The Morgan fingerprint density at radius 1 is 0.857 bits per heavy atom. The lowest BCUT2D eigenvalue weighted by atomic mass is 10.1. The molecule has 0 bridgehead atoms. The number of anilines is 3. The normalized spacial score (nSPS) is 10.2. The van der Waals surface area contributed by atoms with Crippen molar-refractivity contribution in [3.8, 4) is 0 Å². The molecule has 2 N–H and O–H groups in total. The first-order valence-electron chi connectivity index (χ1n) is 8.87. The van der Waals surface area contributed by atoms with Crippen LogP contribution in [0.25, 0.3) is 0 Å². The van der Waals surface area contributed by atoms with Crippen molar-refractivity contribution < 1.29 is 9.59 Å². The highest BCUT2D eigenvalue weighted by Crippen LogP contribution is 2.19. The smallest absolute Gasteiger partial charge is 0.309 e. The van der Waals surface area contributed by atoms with Gasteiger partial charge in [-0.05, 0) is 55.5 Å². The van der Waals surface area contributed by atoms with Gasteiger partial charge < -0.3 is 15.5 Å². The zero-order chi connectivity index (χ0) is 19.9. The second-order valence-corrected chi connectivity index (χ2v) is 6.49. The van der Waals surface area contributed by atoms with Gasteiger partial charge in [0.1, 0.15) is 0 Å². The van der Waals surface area contributed by atoms with E-state index in [9.17, 15) is 9.59 Å². The summed E-state index contributed by atoms with van der Waals surface area (Å²) in [7, 11) is 0. The third kappa shape index (κ3) is 4.90. The molecule has 6 heteroatoms. The van der Waals surface area contributed by atoms with Crippen LogP contribution in [0, 0.1) is 0 Å². The Labute approximate surface area is 168 Å². The van der Waals surface area contributed by atoms with Gasteiger partial charge in [-0.25, -0.2) is 4.79 Å². The Kier molecular flexibility index (Phi) is 6.29. The first kappa shape index (κ1) is 19.5. The molecule has 0 heterocycles. The SMILES string of the molecule is CCN(C(=O)c1cccc(NC(=O)Nc2cccc(Cl)c2)c1)c1ccccc1. The van der Waals surface area contributed by atoms with Gasteiger partial charge in [0.2, 0.25) is 0 Å². The van der Waals surface area contributed by atoms with Gasteiger partial charge in [-0.15, -0.1) is 0 Å². The van der Waals surface area contributed by atoms with Gasteiger partial charge in [0.05, 0.1) is 0 Å². The number of nitrogens with one attached hydrogen (secondary N) is 2. The summed E-state index contributed by atoms with van der Waals surface area (Å²) < 4.78 is 0. The fourth-order valence-corrected chi connectivity index (χ4v) is 2.99. The molecule has 142 valence electrons. The number of rotatable bonds is 5. The number of amides is 3. The van der Waals surface area contributed by atoms with Crippen LogP contribution >= 0.6 is 11.6 Å². The van der Waals surface area contributed by atoms with Gasteiger partial charge >= 0.3 is 6.03 Å². The monoisotopic (exact) mass is 393 g/mol.